The number of carbonyl (C=O) groups is 1. The minimum Gasteiger partial charge on any atom is -0.338 e. The second kappa shape index (κ2) is 4.62. The van der Waals surface area contributed by atoms with E-state index in [9.17, 15) is 4.79 Å². The zero-order chi connectivity index (χ0) is 11.6. The summed E-state index contributed by atoms with van der Waals surface area (Å²) in [7, 11) is 0. The van der Waals surface area contributed by atoms with Gasteiger partial charge >= 0.3 is 6.03 Å². The molecule has 0 aromatic heterocycles. The van der Waals surface area contributed by atoms with Gasteiger partial charge in [0.15, 0.2) is 0 Å². The number of hydrogen-bond donors (Lipinski definition) is 3. The van der Waals surface area contributed by atoms with Gasteiger partial charge in [-0.1, -0.05) is 13.8 Å². The highest BCUT2D eigenvalue weighted by atomic mass is 16.2. The first kappa shape index (κ1) is 11.7. The van der Waals surface area contributed by atoms with Crippen LogP contribution in [0.3, 0.4) is 0 Å². The summed E-state index contributed by atoms with van der Waals surface area (Å²) in [6, 6.07) is -0.0268. The topological polar surface area (TPSA) is 53.2 Å². The average molecular weight is 225 g/mol. The van der Waals surface area contributed by atoms with Crippen molar-refractivity contribution in [1.29, 1.82) is 0 Å². The van der Waals surface area contributed by atoms with Crippen LogP contribution in [0, 0.1) is 11.8 Å². The molecule has 4 nitrogen and oxygen atoms in total. The lowest BCUT2D eigenvalue weighted by Gasteiger charge is -2.24. The molecule has 1 heterocycles. The molecule has 2 atom stereocenters. The van der Waals surface area contributed by atoms with Gasteiger partial charge in [-0.2, -0.15) is 0 Å². The van der Waals surface area contributed by atoms with Crippen molar-refractivity contribution in [3.8, 4) is 0 Å². The van der Waals surface area contributed by atoms with Crippen LogP contribution in [0.15, 0.2) is 0 Å². The molecule has 0 bridgehead atoms. The molecule has 2 amide bonds. The standard InChI is InChI=1S/C12H23N3O/c1-9(2)7-13-11(16)14-8-12-6-10(12)4-3-5-15-12/h9-10,15H,3-8H2,1-2H3,(H2,13,14,16). The van der Waals surface area contributed by atoms with Crippen molar-refractivity contribution in [2.24, 2.45) is 11.8 Å². The van der Waals surface area contributed by atoms with Gasteiger partial charge in [-0.25, -0.2) is 4.79 Å². The highest BCUT2D eigenvalue weighted by molar-refractivity contribution is 5.74. The first-order valence-corrected chi connectivity index (χ1v) is 6.39. The Morgan fingerprint density at radius 3 is 3.00 bits per heavy atom. The van der Waals surface area contributed by atoms with Crippen LogP contribution in [0.25, 0.3) is 0 Å². The molecule has 0 aromatic rings. The number of rotatable bonds is 4. The van der Waals surface area contributed by atoms with Gasteiger partial charge in [0.25, 0.3) is 0 Å². The predicted molar refractivity (Wildman–Crippen MR) is 64.3 cm³/mol. The second-order valence-corrected chi connectivity index (χ2v) is 5.58. The third-order valence-electron chi connectivity index (χ3n) is 3.67. The van der Waals surface area contributed by atoms with Gasteiger partial charge in [0.1, 0.15) is 0 Å². The Labute approximate surface area is 97.6 Å². The van der Waals surface area contributed by atoms with Crippen LogP contribution < -0.4 is 16.0 Å². The van der Waals surface area contributed by atoms with Crippen molar-refractivity contribution in [1.82, 2.24) is 16.0 Å². The zero-order valence-corrected chi connectivity index (χ0v) is 10.3. The van der Waals surface area contributed by atoms with E-state index < -0.39 is 0 Å². The van der Waals surface area contributed by atoms with E-state index in [0.717, 1.165) is 25.6 Å². The van der Waals surface area contributed by atoms with Crippen LogP contribution in [0.1, 0.15) is 33.1 Å². The molecule has 4 heteroatoms. The summed E-state index contributed by atoms with van der Waals surface area (Å²) in [6.07, 6.45) is 3.84. The van der Waals surface area contributed by atoms with Crippen LogP contribution >= 0.6 is 0 Å². The Hall–Kier alpha value is -0.770. The van der Waals surface area contributed by atoms with E-state index in [1.807, 2.05) is 0 Å². The summed E-state index contributed by atoms with van der Waals surface area (Å²) >= 11 is 0. The normalized spacial score (nSPS) is 32.1. The van der Waals surface area contributed by atoms with Gasteiger partial charge in [0.2, 0.25) is 0 Å². The summed E-state index contributed by atoms with van der Waals surface area (Å²) in [5.41, 5.74) is 0.243. The number of carbonyl (C=O) groups excluding carboxylic acids is 1. The van der Waals surface area contributed by atoms with Gasteiger partial charge < -0.3 is 16.0 Å². The molecular formula is C12H23N3O. The largest absolute Gasteiger partial charge is 0.338 e. The Balaban J connectivity index is 1.66. The minimum atomic E-state index is -0.0268. The molecule has 1 aliphatic carbocycles. The highest BCUT2D eigenvalue weighted by Gasteiger charge is 2.54. The third kappa shape index (κ3) is 2.67. The fourth-order valence-corrected chi connectivity index (χ4v) is 2.54. The number of nitrogens with one attached hydrogen (secondary N) is 3. The van der Waals surface area contributed by atoms with E-state index in [0.29, 0.717) is 5.92 Å². The Kier molecular flexibility index (Phi) is 3.38. The summed E-state index contributed by atoms with van der Waals surface area (Å²) in [5, 5.41) is 9.40. The Morgan fingerprint density at radius 2 is 2.31 bits per heavy atom. The lowest BCUT2D eigenvalue weighted by atomic mass is 10.1. The molecular weight excluding hydrogens is 202 g/mol. The molecule has 16 heavy (non-hydrogen) atoms. The highest BCUT2D eigenvalue weighted by Crippen LogP contribution is 2.48. The van der Waals surface area contributed by atoms with Crippen LogP contribution in [0.5, 0.6) is 0 Å². The monoisotopic (exact) mass is 225 g/mol. The van der Waals surface area contributed by atoms with Crippen molar-refractivity contribution in [3.05, 3.63) is 0 Å². The predicted octanol–water partition coefficient (Wildman–Crippen LogP) is 1.08. The SMILES string of the molecule is CC(C)CNC(=O)NCC12CC1CCCN2. The van der Waals surface area contributed by atoms with E-state index in [4.69, 9.17) is 0 Å². The molecule has 1 aliphatic heterocycles. The van der Waals surface area contributed by atoms with Gasteiger partial charge in [0, 0.05) is 18.6 Å². The molecule has 0 spiro atoms. The lowest BCUT2D eigenvalue weighted by molar-refractivity contribution is 0.236. The first-order valence-electron chi connectivity index (χ1n) is 6.39. The maximum Gasteiger partial charge on any atom is 0.314 e. The summed E-state index contributed by atoms with van der Waals surface area (Å²) in [5.74, 6) is 1.30. The van der Waals surface area contributed by atoms with Crippen molar-refractivity contribution in [2.75, 3.05) is 19.6 Å². The molecule has 92 valence electrons. The van der Waals surface area contributed by atoms with E-state index in [1.54, 1.807) is 0 Å². The summed E-state index contributed by atoms with van der Waals surface area (Å²) < 4.78 is 0. The maximum absolute atomic E-state index is 11.5. The van der Waals surface area contributed by atoms with Crippen LogP contribution in [0.4, 0.5) is 4.79 Å². The number of urea groups is 1. The smallest absolute Gasteiger partial charge is 0.314 e. The molecule has 0 radical (unpaired) electrons. The zero-order valence-electron chi connectivity index (χ0n) is 10.3. The average Bonchev–Trinajstić information content (AvgIpc) is 2.98. The molecule has 1 saturated carbocycles. The van der Waals surface area contributed by atoms with E-state index >= 15 is 0 Å². The molecule has 0 aromatic carbocycles. The first-order chi connectivity index (χ1) is 7.62. The Bertz CT molecular complexity index is 267. The number of amides is 2. The van der Waals surface area contributed by atoms with Gasteiger partial charge in [0.05, 0.1) is 0 Å². The molecule has 1 saturated heterocycles. The number of fused-ring (bicyclic) bond motifs is 1. The van der Waals surface area contributed by atoms with Crippen molar-refractivity contribution < 1.29 is 4.79 Å². The fraction of sp³-hybridized carbons (Fsp3) is 0.917. The van der Waals surface area contributed by atoms with Crippen LogP contribution in [0.2, 0.25) is 0 Å². The van der Waals surface area contributed by atoms with Gasteiger partial charge in [-0.05, 0) is 37.6 Å². The van der Waals surface area contributed by atoms with Crippen LogP contribution in [-0.2, 0) is 0 Å². The maximum atomic E-state index is 11.5. The molecule has 2 fully saturated rings. The Morgan fingerprint density at radius 1 is 1.50 bits per heavy atom. The van der Waals surface area contributed by atoms with E-state index in [-0.39, 0.29) is 11.6 Å². The van der Waals surface area contributed by atoms with E-state index in [2.05, 4.69) is 29.8 Å². The lowest BCUT2D eigenvalue weighted by Crippen LogP contribution is -2.49. The van der Waals surface area contributed by atoms with Crippen molar-refractivity contribution in [2.45, 2.75) is 38.6 Å². The van der Waals surface area contributed by atoms with Crippen molar-refractivity contribution in [3.63, 3.8) is 0 Å². The van der Waals surface area contributed by atoms with Crippen LogP contribution in [-0.4, -0.2) is 31.2 Å². The van der Waals surface area contributed by atoms with E-state index in [1.165, 1.54) is 19.3 Å². The molecule has 3 N–H and O–H groups in total. The third-order valence-corrected chi connectivity index (χ3v) is 3.67. The molecule has 2 unspecified atom stereocenters. The molecule has 2 rings (SSSR count). The summed E-state index contributed by atoms with van der Waals surface area (Å²) in [6.45, 7) is 6.82. The molecule has 2 aliphatic rings. The van der Waals surface area contributed by atoms with Gasteiger partial charge in [-0.3, -0.25) is 0 Å². The van der Waals surface area contributed by atoms with Crippen molar-refractivity contribution >= 4 is 6.03 Å². The van der Waals surface area contributed by atoms with Gasteiger partial charge in [-0.15, -0.1) is 0 Å². The minimum absolute atomic E-state index is 0.0268. The quantitative estimate of drug-likeness (QED) is 0.670. The second-order valence-electron chi connectivity index (χ2n) is 5.58. The summed E-state index contributed by atoms with van der Waals surface area (Å²) in [4.78, 5) is 11.5. The number of piperidine rings is 1. The fourth-order valence-electron chi connectivity index (χ4n) is 2.54. The number of hydrogen-bond acceptors (Lipinski definition) is 2.